The Balaban J connectivity index is 0.000000184. The van der Waals surface area contributed by atoms with Gasteiger partial charge < -0.3 is 19.9 Å². The van der Waals surface area contributed by atoms with Gasteiger partial charge in [-0.05, 0) is 50.5 Å². The quantitative estimate of drug-likeness (QED) is 0.147. The molecular weight excluding hydrogens is 589 g/mol. The van der Waals surface area contributed by atoms with Crippen molar-refractivity contribution in [2.24, 2.45) is 0 Å². The van der Waals surface area contributed by atoms with Crippen molar-refractivity contribution in [3.63, 3.8) is 0 Å². The van der Waals surface area contributed by atoms with Crippen molar-refractivity contribution in [2.45, 2.75) is 27.7 Å². The normalized spacial score (nSPS) is 10.2. The van der Waals surface area contributed by atoms with Gasteiger partial charge in [0, 0.05) is 12.7 Å². The van der Waals surface area contributed by atoms with Gasteiger partial charge in [-0.2, -0.15) is 0 Å². The summed E-state index contributed by atoms with van der Waals surface area (Å²) in [6.07, 6.45) is 5.53. The molecule has 1 radical (unpaired) electrons. The van der Waals surface area contributed by atoms with E-state index in [1.807, 2.05) is 36.4 Å². The van der Waals surface area contributed by atoms with E-state index < -0.39 is 0 Å². The van der Waals surface area contributed by atoms with E-state index in [1.54, 1.807) is 0 Å². The minimum atomic E-state index is 0. The molecule has 6 aromatic rings. The first-order chi connectivity index (χ1) is 19.4. The number of benzene rings is 4. The van der Waals surface area contributed by atoms with Crippen LogP contribution in [0, 0.1) is 40.3 Å². The van der Waals surface area contributed by atoms with E-state index in [4.69, 9.17) is 0 Å². The Hall–Kier alpha value is -4.34. The molecule has 0 atom stereocenters. The molecule has 201 valence electrons. The summed E-state index contributed by atoms with van der Waals surface area (Å²) < 4.78 is 0. The van der Waals surface area contributed by atoms with Crippen LogP contribution in [0.25, 0.3) is 45.0 Å². The summed E-state index contributed by atoms with van der Waals surface area (Å²) in [6.45, 7) is 8.32. The third kappa shape index (κ3) is 7.87. The molecule has 6 rings (SSSR count). The number of aryl methyl sites for hydroxylation is 4. The molecule has 0 N–H and O–H groups in total. The molecular formula is C36H30N4Ru+. The number of nitrogens with zero attached hydrogens (tertiary/aromatic N) is 4. The van der Waals surface area contributed by atoms with Crippen LogP contribution in [-0.4, -0.2) is 19.9 Å². The first-order valence-corrected chi connectivity index (χ1v) is 13.2. The first kappa shape index (κ1) is 29.6. The van der Waals surface area contributed by atoms with Crippen LogP contribution in [0.3, 0.4) is 0 Å². The van der Waals surface area contributed by atoms with Crippen LogP contribution < -0.4 is 0 Å². The third-order valence-electron chi connectivity index (χ3n) is 6.48. The standard InChI is InChI=1S/2C18H15N2.Ru/c2*1-13-5-3-7-15(9-13)17-11-18(20-12-19-17)16-8-4-6-14(2)10-16;/h2*3-11H,1-2H3;/q2*-1;+3. The van der Waals surface area contributed by atoms with E-state index in [1.165, 1.54) is 22.3 Å². The molecule has 2 heterocycles. The van der Waals surface area contributed by atoms with Crippen molar-refractivity contribution >= 4 is 0 Å². The van der Waals surface area contributed by atoms with Crippen molar-refractivity contribution in [3.05, 3.63) is 144 Å². The fraction of sp³-hybridized carbons (Fsp3) is 0.111. The summed E-state index contributed by atoms with van der Waals surface area (Å²) >= 11 is 0. The van der Waals surface area contributed by atoms with Crippen LogP contribution in [0.1, 0.15) is 22.3 Å². The summed E-state index contributed by atoms with van der Waals surface area (Å²) in [5.41, 5.74) is 12.9. The van der Waals surface area contributed by atoms with Gasteiger partial charge in [0.1, 0.15) is 0 Å². The Morgan fingerprint density at radius 3 is 0.829 bits per heavy atom. The van der Waals surface area contributed by atoms with Gasteiger partial charge >= 0.3 is 19.5 Å². The minimum absolute atomic E-state index is 0. The fourth-order valence-corrected chi connectivity index (χ4v) is 4.46. The van der Waals surface area contributed by atoms with E-state index in [0.717, 1.165) is 45.0 Å². The molecule has 0 aliphatic carbocycles. The maximum Gasteiger partial charge on any atom is 3.00 e. The summed E-state index contributed by atoms with van der Waals surface area (Å²) in [5, 5.41) is 0. The van der Waals surface area contributed by atoms with Crippen LogP contribution in [0.4, 0.5) is 0 Å². The van der Waals surface area contributed by atoms with E-state index in [2.05, 4.69) is 133 Å². The van der Waals surface area contributed by atoms with Crippen molar-refractivity contribution in [3.8, 4) is 45.0 Å². The summed E-state index contributed by atoms with van der Waals surface area (Å²) in [4.78, 5) is 17.1. The molecule has 41 heavy (non-hydrogen) atoms. The topological polar surface area (TPSA) is 51.6 Å². The van der Waals surface area contributed by atoms with Crippen LogP contribution in [0.5, 0.6) is 0 Å². The van der Waals surface area contributed by atoms with Gasteiger partial charge in [0.2, 0.25) is 0 Å². The Labute approximate surface area is 255 Å². The largest absolute Gasteiger partial charge is 3.00 e. The molecule has 0 saturated heterocycles. The Kier molecular flexibility index (Phi) is 10.00. The van der Waals surface area contributed by atoms with E-state index >= 15 is 0 Å². The first-order valence-electron chi connectivity index (χ1n) is 13.2. The molecule has 0 fully saturated rings. The number of hydrogen-bond acceptors (Lipinski definition) is 4. The second-order valence-corrected chi connectivity index (χ2v) is 9.95. The number of rotatable bonds is 4. The predicted octanol–water partition coefficient (Wildman–Crippen LogP) is 8.45. The van der Waals surface area contributed by atoms with Gasteiger partial charge in [-0.1, -0.05) is 142 Å². The molecule has 0 bridgehead atoms. The second-order valence-electron chi connectivity index (χ2n) is 9.95. The zero-order valence-corrected chi connectivity index (χ0v) is 25.3. The fourth-order valence-electron chi connectivity index (χ4n) is 4.46. The van der Waals surface area contributed by atoms with Gasteiger partial charge in [-0.3, -0.25) is 0 Å². The Morgan fingerprint density at radius 1 is 0.366 bits per heavy atom. The van der Waals surface area contributed by atoms with Crippen LogP contribution >= 0.6 is 0 Å². The Morgan fingerprint density at radius 2 is 0.610 bits per heavy atom. The molecule has 0 amide bonds. The number of aromatic nitrogens is 4. The zero-order valence-electron chi connectivity index (χ0n) is 23.5. The van der Waals surface area contributed by atoms with Crippen molar-refractivity contribution < 1.29 is 19.5 Å². The van der Waals surface area contributed by atoms with E-state index in [9.17, 15) is 0 Å². The molecule has 0 saturated carbocycles. The number of hydrogen-bond donors (Lipinski definition) is 0. The van der Waals surface area contributed by atoms with Gasteiger partial charge in [0.15, 0.2) is 0 Å². The van der Waals surface area contributed by atoms with Gasteiger partial charge in [0.05, 0.1) is 0 Å². The van der Waals surface area contributed by atoms with Crippen LogP contribution in [0.15, 0.2) is 109 Å². The van der Waals surface area contributed by atoms with Crippen LogP contribution in [0.2, 0.25) is 0 Å². The molecule has 5 heteroatoms. The SMILES string of the molecule is Cc1cccc(-c2cc(-c3cccc(C)c3)n[c-]n2)c1.Cc1cccc(-c2cc(-c3cccc(C)c3)n[c-]n2)c1.[Ru+3]. The smallest absolute Gasteiger partial charge is 0.366 e. The molecule has 2 aromatic heterocycles. The van der Waals surface area contributed by atoms with E-state index in [-0.39, 0.29) is 19.5 Å². The van der Waals surface area contributed by atoms with Crippen LogP contribution in [-0.2, 0) is 19.5 Å². The van der Waals surface area contributed by atoms with E-state index in [0.29, 0.717) is 0 Å². The average Bonchev–Trinajstić information content (AvgIpc) is 2.98. The van der Waals surface area contributed by atoms with Gasteiger partial charge in [-0.15, -0.1) is 12.1 Å². The third-order valence-corrected chi connectivity index (χ3v) is 6.48. The van der Waals surface area contributed by atoms with Gasteiger partial charge in [0.25, 0.3) is 0 Å². The minimum Gasteiger partial charge on any atom is -0.366 e. The summed E-state index contributed by atoms with van der Waals surface area (Å²) in [5.74, 6) is 0. The molecule has 4 nitrogen and oxygen atoms in total. The van der Waals surface area contributed by atoms with Crippen molar-refractivity contribution in [1.29, 1.82) is 0 Å². The molecule has 0 aliphatic heterocycles. The van der Waals surface area contributed by atoms with Crippen molar-refractivity contribution in [2.75, 3.05) is 0 Å². The maximum absolute atomic E-state index is 4.26. The second kappa shape index (κ2) is 13.8. The molecule has 0 spiro atoms. The zero-order chi connectivity index (χ0) is 27.9. The maximum atomic E-state index is 4.26. The Bertz CT molecular complexity index is 1510. The van der Waals surface area contributed by atoms with Gasteiger partial charge in [-0.25, -0.2) is 0 Å². The summed E-state index contributed by atoms with van der Waals surface area (Å²) in [6, 6.07) is 37.2. The average molecular weight is 620 g/mol. The molecule has 0 aliphatic rings. The predicted molar refractivity (Wildman–Crippen MR) is 162 cm³/mol. The monoisotopic (exact) mass is 620 g/mol. The molecule has 0 unspecified atom stereocenters. The molecule has 4 aromatic carbocycles. The van der Waals surface area contributed by atoms with Crippen molar-refractivity contribution in [1.82, 2.24) is 19.9 Å². The summed E-state index contributed by atoms with van der Waals surface area (Å²) in [7, 11) is 0.